The number of hydrogen-bond donors (Lipinski definition) is 4. The number of aromatic nitrogens is 1. The molecule has 1 unspecified atom stereocenters. The second-order valence-corrected chi connectivity index (χ2v) is 27.1. The molecule has 0 spiro atoms. The maximum atomic E-state index is 15.0. The van der Waals surface area contributed by atoms with Crippen LogP contribution < -0.4 is 25.6 Å². The molecular formula is C58H66ClF4N9O7S3. The van der Waals surface area contributed by atoms with Crippen LogP contribution in [0.5, 0.6) is 0 Å². The second-order valence-electron chi connectivity index (χ2n) is 22.0. The van der Waals surface area contributed by atoms with E-state index in [0.29, 0.717) is 74.7 Å². The molecule has 4 aromatic carbocycles. The Kier molecular flexibility index (Phi) is 19.1. The number of pyridine rings is 1. The van der Waals surface area contributed by atoms with Crippen LogP contribution >= 0.6 is 23.4 Å². The van der Waals surface area contributed by atoms with Gasteiger partial charge >= 0.3 is 5.51 Å². The van der Waals surface area contributed by atoms with Crippen LogP contribution in [0.25, 0.3) is 5.57 Å². The smallest absolute Gasteiger partial charge is 0.380 e. The standard InChI is InChI=1S/C58H66ClF4N9O7S3/c1-57(2)22-20-48(39-8-12-43(59)13-9-39)42(34-57)37-71-28-30-72(31-29-71)45-14-10-40(11-15-45)55(74)68-82(78,79)47-16-17-50(52(33-47)81(76,77)58(61,62)63)65-44(38-80-46-6-4-3-5-7-46)21-23-69-24-26-70(27-25-69)36-41-32-53(64-35-49(41)60)66-51-18-19-54(73)67-56(51)75/h3-17,32-33,35,44,51,65H,18-31,34,36-38H2,1-2H3,(H,64,66)(H,68,74)(H,67,73,75)/t44-,51?/m1/s1. The third-order valence-corrected chi connectivity index (χ3v) is 19.7. The van der Waals surface area contributed by atoms with E-state index in [2.05, 4.69) is 61.6 Å². The molecule has 4 N–H and O–H groups in total. The lowest BCUT2D eigenvalue weighted by molar-refractivity contribution is -0.133. The molecule has 16 nitrogen and oxygen atoms in total. The van der Waals surface area contributed by atoms with Crippen LogP contribution in [0.15, 0.2) is 130 Å². The first-order valence-corrected chi connectivity index (χ1v) is 31.5. The molecular weight excluding hydrogens is 1140 g/mol. The molecule has 3 saturated heterocycles. The lowest BCUT2D eigenvalue weighted by atomic mass is 9.73. The van der Waals surface area contributed by atoms with Gasteiger partial charge in [-0.05, 0) is 121 Å². The number of piperazine rings is 2. The predicted octanol–water partition coefficient (Wildman–Crippen LogP) is 9.07. The summed E-state index contributed by atoms with van der Waals surface area (Å²) in [4.78, 5) is 49.0. The number of hydrogen-bond acceptors (Lipinski definition) is 15. The molecule has 2 atom stereocenters. The van der Waals surface area contributed by atoms with Gasteiger partial charge in [0.1, 0.15) is 22.6 Å². The van der Waals surface area contributed by atoms with Crippen LogP contribution in [0.1, 0.15) is 73.9 Å². The SMILES string of the molecule is CC1(C)CCC(c2ccc(Cl)cc2)=C(CN2CCN(c3ccc(C(=O)NS(=O)(=O)c4ccc(N[C@H](CCN5CCN(Cc6cc(NC7CCC(=O)NC7=O)ncc6F)CC5)CSc5ccccc5)c(S(=O)(=O)C(F)(F)F)c4)cc3)CC2)C1. The third kappa shape index (κ3) is 15.4. The number of alkyl halides is 3. The Morgan fingerprint density at radius 1 is 0.841 bits per heavy atom. The first kappa shape index (κ1) is 60.5. The van der Waals surface area contributed by atoms with E-state index in [4.69, 9.17) is 11.6 Å². The number of sulfone groups is 1. The van der Waals surface area contributed by atoms with Gasteiger partial charge in [-0.25, -0.2) is 30.9 Å². The van der Waals surface area contributed by atoms with Gasteiger partial charge in [0, 0.05) is 117 Å². The van der Waals surface area contributed by atoms with Gasteiger partial charge in [0.05, 0.1) is 16.8 Å². The molecule has 24 heteroatoms. The molecule has 82 heavy (non-hydrogen) atoms. The van der Waals surface area contributed by atoms with E-state index < -0.39 is 70.6 Å². The van der Waals surface area contributed by atoms with Gasteiger partial charge in [0.2, 0.25) is 11.8 Å². The zero-order chi connectivity index (χ0) is 58.4. The largest absolute Gasteiger partial charge is 0.501 e. The van der Waals surface area contributed by atoms with Gasteiger partial charge in [-0.15, -0.1) is 11.8 Å². The summed E-state index contributed by atoms with van der Waals surface area (Å²) in [5.41, 5.74) is -0.929. The highest BCUT2D eigenvalue weighted by molar-refractivity contribution is 7.99. The second kappa shape index (κ2) is 25.8. The lowest BCUT2D eigenvalue weighted by Gasteiger charge is -2.39. The lowest BCUT2D eigenvalue weighted by Crippen LogP contribution is -2.47. The van der Waals surface area contributed by atoms with E-state index in [1.807, 2.05) is 52.1 Å². The number of amides is 3. The normalized spacial score (nSPS) is 19.2. The quantitative estimate of drug-likeness (QED) is 0.0327. The Morgan fingerprint density at radius 3 is 2.20 bits per heavy atom. The molecule has 1 aliphatic carbocycles. The van der Waals surface area contributed by atoms with E-state index in [9.17, 15) is 44.4 Å². The van der Waals surface area contributed by atoms with Gasteiger partial charge in [-0.2, -0.15) is 13.2 Å². The van der Waals surface area contributed by atoms with Gasteiger partial charge < -0.3 is 20.4 Å². The first-order valence-electron chi connectivity index (χ1n) is 27.2. The minimum Gasteiger partial charge on any atom is -0.380 e. The fourth-order valence-corrected chi connectivity index (χ4v) is 13.9. The molecule has 0 bridgehead atoms. The summed E-state index contributed by atoms with van der Waals surface area (Å²) >= 11 is 7.61. The van der Waals surface area contributed by atoms with Crippen molar-refractivity contribution in [1.82, 2.24) is 29.7 Å². The third-order valence-electron chi connectivity index (χ3n) is 15.4. The topological polar surface area (TPSA) is 193 Å². The number of anilines is 3. The molecule has 1 aromatic heterocycles. The Balaban J connectivity index is 0.830. The number of sulfonamides is 1. The number of carbonyl (C=O) groups is 3. The van der Waals surface area contributed by atoms with Crippen molar-refractivity contribution in [3.8, 4) is 0 Å². The highest BCUT2D eigenvalue weighted by atomic mass is 35.5. The first-order chi connectivity index (χ1) is 39.0. The van der Waals surface area contributed by atoms with E-state index in [1.54, 1.807) is 12.1 Å². The Bertz CT molecular complexity index is 3380. The summed E-state index contributed by atoms with van der Waals surface area (Å²) in [5, 5.41) is 8.96. The molecule has 438 valence electrons. The van der Waals surface area contributed by atoms with Crippen molar-refractivity contribution in [1.29, 1.82) is 0 Å². The van der Waals surface area contributed by atoms with Crippen molar-refractivity contribution in [2.75, 3.05) is 86.7 Å². The minimum atomic E-state index is -6.16. The number of benzene rings is 4. The monoisotopic (exact) mass is 1210 g/mol. The summed E-state index contributed by atoms with van der Waals surface area (Å²) in [7, 11) is -11.1. The summed E-state index contributed by atoms with van der Waals surface area (Å²) in [6, 6.07) is 26.2. The molecule has 9 rings (SSSR count). The highest BCUT2D eigenvalue weighted by Gasteiger charge is 2.48. The summed E-state index contributed by atoms with van der Waals surface area (Å²) in [6.07, 6.45) is 4.94. The zero-order valence-corrected chi connectivity index (χ0v) is 48.7. The summed E-state index contributed by atoms with van der Waals surface area (Å²) < 4.78 is 115. The van der Waals surface area contributed by atoms with Gasteiger partial charge in [-0.1, -0.05) is 61.4 Å². The van der Waals surface area contributed by atoms with Crippen molar-refractivity contribution in [2.45, 2.75) is 91.2 Å². The van der Waals surface area contributed by atoms with Crippen LogP contribution in [0.4, 0.5) is 34.8 Å². The van der Waals surface area contributed by atoms with E-state index in [1.165, 1.54) is 46.7 Å². The number of rotatable bonds is 20. The number of piperidine rings is 1. The number of allylic oxidation sites excluding steroid dienone is 1. The average Bonchev–Trinajstić information content (AvgIpc) is 3.44. The van der Waals surface area contributed by atoms with Crippen molar-refractivity contribution in [3.05, 3.63) is 142 Å². The molecule has 3 fully saturated rings. The van der Waals surface area contributed by atoms with Gasteiger partial charge in [-0.3, -0.25) is 29.5 Å². The molecule has 3 aliphatic heterocycles. The Hall–Kier alpha value is -6.08. The average molecular weight is 1210 g/mol. The summed E-state index contributed by atoms with van der Waals surface area (Å²) in [6.45, 7) is 11.3. The van der Waals surface area contributed by atoms with Crippen molar-refractivity contribution < 1.29 is 48.8 Å². The van der Waals surface area contributed by atoms with Crippen LogP contribution in [0, 0.1) is 11.2 Å². The highest BCUT2D eigenvalue weighted by Crippen LogP contribution is 2.43. The van der Waals surface area contributed by atoms with Crippen molar-refractivity contribution >= 4 is 83.7 Å². The number of imide groups is 1. The fraction of sp³-hybridized carbons (Fsp3) is 0.414. The van der Waals surface area contributed by atoms with Crippen LogP contribution in [0.3, 0.4) is 0 Å². The zero-order valence-electron chi connectivity index (χ0n) is 45.5. The number of carbonyl (C=O) groups excluding carboxylic acids is 3. The molecule has 4 aliphatic rings. The van der Waals surface area contributed by atoms with Crippen molar-refractivity contribution in [3.63, 3.8) is 0 Å². The fourth-order valence-electron chi connectivity index (χ4n) is 10.8. The minimum absolute atomic E-state index is 0.0352. The van der Waals surface area contributed by atoms with E-state index in [-0.39, 0.29) is 42.0 Å². The Morgan fingerprint density at radius 2 is 1.51 bits per heavy atom. The molecule has 4 heterocycles. The number of nitrogens with zero attached hydrogens (tertiary/aromatic N) is 5. The predicted molar refractivity (Wildman–Crippen MR) is 310 cm³/mol. The van der Waals surface area contributed by atoms with Crippen LogP contribution in [0.2, 0.25) is 5.02 Å². The summed E-state index contributed by atoms with van der Waals surface area (Å²) in [5.74, 6) is -1.85. The van der Waals surface area contributed by atoms with E-state index >= 15 is 4.39 Å². The molecule has 3 amide bonds. The number of halogens is 5. The maximum Gasteiger partial charge on any atom is 0.501 e. The molecule has 5 aromatic rings. The van der Waals surface area contributed by atoms with Gasteiger partial charge in [0.15, 0.2) is 0 Å². The van der Waals surface area contributed by atoms with Crippen molar-refractivity contribution in [2.24, 2.45) is 5.41 Å². The Labute approximate surface area is 485 Å². The maximum absolute atomic E-state index is 15.0. The van der Waals surface area contributed by atoms with E-state index in [0.717, 1.165) is 67.8 Å². The van der Waals surface area contributed by atoms with Crippen LogP contribution in [-0.4, -0.2) is 143 Å². The number of thioether (sulfide) groups is 1. The number of nitrogens with one attached hydrogen (secondary N) is 4. The molecule has 0 radical (unpaired) electrons. The molecule has 0 saturated carbocycles. The van der Waals surface area contributed by atoms with Gasteiger partial charge in [0.25, 0.3) is 25.8 Å². The van der Waals surface area contributed by atoms with Crippen LogP contribution in [-0.2, 0) is 36.0 Å².